The van der Waals surface area contributed by atoms with Gasteiger partial charge in [0.15, 0.2) is 0 Å². The molecule has 0 heterocycles. The van der Waals surface area contributed by atoms with Gasteiger partial charge >= 0.3 is 0 Å². The minimum atomic E-state index is -3.68. The van der Waals surface area contributed by atoms with Crippen LogP contribution in [0.25, 0.3) is 0 Å². The molecule has 1 amide bonds. The number of rotatable bonds is 8. The molecule has 0 saturated heterocycles. The maximum Gasteiger partial charge on any atom is 0.238 e. The van der Waals surface area contributed by atoms with Crippen LogP contribution >= 0.6 is 11.6 Å². The maximum atomic E-state index is 11.9. The van der Waals surface area contributed by atoms with Crippen molar-refractivity contribution in [3.8, 4) is 0 Å². The summed E-state index contributed by atoms with van der Waals surface area (Å²) in [4.78, 5) is 12.0. The highest BCUT2D eigenvalue weighted by atomic mass is 35.5. The lowest BCUT2D eigenvalue weighted by molar-refractivity contribution is -0.120. The number of benzene rings is 2. The number of halogens is 1. The molecule has 0 unspecified atom stereocenters. The fourth-order valence-corrected chi connectivity index (χ4v) is 3.25. The minimum Gasteiger partial charge on any atom is -0.355 e. The third-order valence-corrected chi connectivity index (χ3v) is 5.20. The molecule has 8 heteroatoms. The highest BCUT2D eigenvalue weighted by Gasteiger charge is 2.10. The van der Waals surface area contributed by atoms with E-state index in [-0.39, 0.29) is 23.4 Å². The van der Waals surface area contributed by atoms with E-state index in [2.05, 4.69) is 10.6 Å². The molecule has 2 rings (SSSR count). The molecule has 0 saturated carbocycles. The lowest BCUT2D eigenvalue weighted by atomic mass is 10.1. The Morgan fingerprint density at radius 3 is 2.42 bits per heavy atom. The van der Waals surface area contributed by atoms with Gasteiger partial charge in [-0.15, -0.1) is 0 Å². The summed E-state index contributed by atoms with van der Waals surface area (Å²) in [5.74, 6) is -0.120. The van der Waals surface area contributed by atoms with Gasteiger partial charge in [-0.25, -0.2) is 13.6 Å². The van der Waals surface area contributed by atoms with E-state index < -0.39 is 10.0 Å². The van der Waals surface area contributed by atoms with Gasteiger partial charge in [0.05, 0.1) is 11.4 Å². The van der Waals surface area contributed by atoms with Crippen LogP contribution in [0, 0.1) is 0 Å². The summed E-state index contributed by atoms with van der Waals surface area (Å²) in [5, 5.41) is 11.7. The van der Waals surface area contributed by atoms with Crippen molar-refractivity contribution >= 4 is 27.5 Å². The van der Waals surface area contributed by atoms with Crippen LogP contribution < -0.4 is 15.8 Å². The van der Waals surface area contributed by atoms with Gasteiger partial charge < -0.3 is 10.6 Å². The Morgan fingerprint density at radius 2 is 1.81 bits per heavy atom. The third-order valence-electron chi connectivity index (χ3n) is 3.93. The van der Waals surface area contributed by atoms with Crippen LogP contribution in [0.1, 0.15) is 24.1 Å². The Hall–Kier alpha value is -1.93. The number of nitrogens with two attached hydrogens (primary N) is 1. The zero-order chi connectivity index (χ0) is 19.2. The molecule has 2 aromatic rings. The molecule has 0 radical (unpaired) electrons. The van der Waals surface area contributed by atoms with Gasteiger partial charge in [-0.1, -0.05) is 41.9 Å². The molecule has 2 aromatic carbocycles. The molecule has 0 aliphatic rings. The van der Waals surface area contributed by atoms with Crippen LogP contribution in [0.5, 0.6) is 0 Å². The standard InChI is InChI=1S/C18H22ClN3O3S/c1-13(16-4-2-3-5-17(16)19)22-12-18(23)21-11-10-14-6-8-15(9-7-14)26(20,24)25/h2-9,13,22H,10-12H2,1H3,(H,21,23)(H2,20,24,25)/t13-/m0/s1. The first-order valence-corrected chi connectivity index (χ1v) is 10.1. The molecule has 0 aromatic heterocycles. The van der Waals surface area contributed by atoms with E-state index in [9.17, 15) is 13.2 Å². The summed E-state index contributed by atoms with van der Waals surface area (Å²) >= 11 is 6.14. The predicted octanol–water partition coefficient (Wildman–Crippen LogP) is 2.00. The molecule has 1 atom stereocenters. The summed E-state index contributed by atoms with van der Waals surface area (Å²) < 4.78 is 22.4. The lowest BCUT2D eigenvalue weighted by Gasteiger charge is -2.15. The molecule has 0 fully saturated rings. The van der Waals surface area contributed by atoms with Crippen LogP contribution in [-0.2, 0) is 21.2 Å². The van der Waals surface area contributed by atoms with Gasteiger partial charge in [-0.2, -0.15) is 0 Å². The monoisotopic (exact) mass is 395 g/mol. The highest BCUT2D eigenvalue weighted by Crippen LogP contribution is 2.21. The zero-order valence-corrected chi connectivity index (χ0v) is 16.0. The SMILES string of the molecule is C[C@H](NCC(=O)NCCc1ccc(S(N)(=O)=O)cc1)c1ccccc1Cl. The zero-order valence-electron chi connectivity index (χ0n) is 14.4. The van der Waals surface area contributed by atoms with E-state index in [0.29, 0.717) is 18.0 Å². The fraction of sp³-hybridized carbons (Fsp3) is 0.278. The van der Waals surface area contributed by atoms with E-state index in [4.69, 9.17) is 16.7 Å². The molecular formula is C18H22ClN3O3S. The van der Waals surface area contributed by atoms with Crippen molar-refractivity contribution in [2.75, 3.05) is 13.1 Å². The van der Waals surface area contributed by atoms with Crippen molar-refractivity contribution in [3.63, 3.8) is 0 Å². The second-order valence-electron chi connectivity index (χ2n) is 5.91. The number of carbonyl (C=O) groups excluding carboxylic acids is 1. The van der Waals surface area contributed by atoms with E-state index >= 15 is 0 Å². The van der Waals surface area contributed by atoms with Crippen LogP contribution in [0.3, 0.4) is 0 Å². The molecule has 0 aliphatic heterocycles. The van der Waals surface area contributed by atoms with E-state index in [1.165, 1.54) is 12.1 Å². The molecule has 6 nitrogen and oxygen atoms in total. The van der Waals surface area contributed by atoms with Crippen molar-refractivity contribution in [1.82, 2.24) is 10.6 Å². The number of amides is 1. The van der Waals surface area contributed by atoms with Crippen molar-refractivity contribution in [2.24, 2.45) is 5.14 Å². The second-order valence-corrected chi connectivity index (χ2v) is 7.88. The largest absolute Gasteiger partial charge is 0.355 e. The van der Waals surface area contributed by atoms with Gasteiger partial charge in [0.25, 0.3) is 0 Å². The lowest BCUT2D eigenvalue weighted by Crippen LogP contribution is -2.36. The van der Waals surface area contributed by atoms with Gasteiger partial charge in [0.1, 0.15) is 0 Å². The first-order chi connectivity index (χ1) is 12.3. The maximum absolute atomic E-state index is 11.9. The average molecular weight is 396 g/mol. The molecule has 0 aliphatic carbocycles. The van der Waals surface area contributed by atoms with E-state index in [1.807, 2.05) is 31.2 Å². The number of nitrogens with one attached hydrogen (secondary N) is 2. The van der Waals surface area contributed by atoms with Crippen LogP contribution in [0.15, 0.2) is 53.4 Å². The van der Waals surface area contributed by atoms with Crippen LogP contribution in [0.2, 0.25) is 5.02 Å². The van der Waals surface area contributed by atoms with Crippen molar-refractivity contribution < 1.29 is 13.2 Å². The summed E-state index contributed by atoms with van der Waals surface area (Å²) in [6.45, 7) is 2.58. The van der Waals surface area contributed by atoms with E-state index in [1.54, 1.807) is 12.1 Å². The van der Waals surface area contributed by atoms with Gasteiger partial charge in [0, 0.05) is 17.6 Å². The predicted molar refractivity (Wildman–Crippen MR) is 102 cm³/mol. The van der Waals surface area contributed by atoms with Crippen molar-refractivity contribution in [3.05, 3.63) is 64.7 Å². The molecule has 26 heavy (non-hydrogen) atoms. The van der Waals surface area contributed by atoms with Crippen LogP contribution in [0.4, 0.5) is 0 Å². The van der Waals surface area contributed by atoms with Crippen LogP contribution in [-0.4, -0.2) is 27.4 Å². The summed E-state index contributed by atoms with van der Waals surface area (Å²) in [6, 6.07) is 13.7. The number of hydrogen-bond donors (Lipinski definition) is 3. The number of carbonyl (C=O) groups is 1. The van der Waals surface area contributed by atoms with E-state index in [0.717, 1.165) is 11.1 Å². The number of sulfonamides is 1. The third kappa shape index (κ3) is 6.10. The van der Waals surface area contributed by atoms with Crippen molar-refractivity contribution in [2.45, 2.75) is 24.3 Å². The smallest absolute Gasteiger partial charge is 0.238 e. The second kappa shape index (κ2) is 9.14. The minimum absolute atomic E-state index is 0.0415. The normalized spacial score (nSPS) is 12.6. The quantitative estimate of drug-likeness (QED) is 0.636. The molecule has 0 spiro atoms. The number of hydrogen-bond acceptors (Lipinski definition) is 4. The van der Waals surface area contributed by atoms with Gasteiger partial charge in [0.2, 0.25) is 15.9 Å². The van der Waals surface area contributed by atoms with Gasteiger partial charge in [-0.3, -0.25) is 4.79 Å². The Balaban J connectivity index is 1.74. The topological polar surface area (TPSA) is 101 Å². The summed E-state index contributed by atoms with van der Waals surface area (Å²) in [5.41, 5.74) is 1.85. The molecular weight excluding hydrogens is 374 g/mol. The van der Waals surface area contributed by atoms with Crippen molar-refractivity contribution in [1.29, 1.82) is 0 Å². The first kappa shape index (κ1) is 20.4. The Labute approximate surface area is 158 Å². The molecule has 140 valence electrons. The molecule has 0 bridgehead atoms. The molecule has 4 N–H and O–H groups in total. The Morgan fingerprint density at radius 1 is 1.15 bits per heavy atom. The highest BCUT2D eigenvalue weighted by molar-refractivity contribution is 7.89. The summed E-state index contributed by atoms with van der Waals surface area (Å²) in [6.07, 6.45) is 0.594. The number of primary sulfonamides is 1. The first-order valence-electron chi connectivity index (χ1n) is 8.13. The van der Waals surface area contributed by atoms with Gasteiger partial charge in [-0.05, 0) is 42.7 Å². The Kier molecular flexibility index (Phi) is 7.16. The fourth-order valence-electron chi connectivity index (χ4n) is 2.44. The Bertz CT molecular complexity index is 854. The summed E-state index contributed by atoms with van der Waals surface area (Å²) in [7, 11) is -3.68. The average Bonchev–Trinajstić information content (AvgIpc) is 2.60.